The minimum absolute atomic E-state index is 0.0289. The summed E-state index contributed by atoms with van der Waals surface area (Å²) in [5, 5.41) is 0.722. The number of carbonyl (C=O) groups excluding carboxylic acids is 1. The Labute approximate surface area is 134 Å². The highest BCUT2D eigenvalue weighted by Gasteiger charge is 2.22. The van der Waals surface area contributed by atoms with Crippen LogP contribution in [-0.4, -0.2) is 12.1 Å². The number of carbonyl (C=O) groups is 1. The number of para-hydroxylation sites is 1. The standard InChI is InChI=1S/C19H20O4/c1-2-7-13-8-6-9-14-12-16(19(21)23-17(13)14)18(20)22-15-10-4-3-5-11-15/h2,6,8-9,12,15H,1,3-5,7,10-11H2. The van der Waals surface area contributed by atoms with E-state index in [1.165, 1.54) is 6.42 Å². The molecule has 4 heteroatoms. The molecule has 1 aromatic heterocycles. The summed E-state index contributed by atoms with van der Waals surface area (Å²) in [5.74, 6) is -0.582. The largest absolute Gasteiger partial charge is 0.459 e. The van der Waals surface area contributed by atoms with Crippen LogP contribution in [0.3, 0.4) is 0 Å². The zero-order valence-corrected chi connectivity index (χ0v) is 13.0. The fourth-order valence-corrected chi connectivity index (χ4v) is 3.06. The molecule has 1 heterocycles. The Kier molecular flexibility index (Phi) is 4.60. The van der Waals surface area contributed by atoms with Gasteiger partial charge in [0.05, 0.1) is 0 Å². The monoisotopic (exact) mass is 312 g/mol. The maximum Gasteiger partial charge on any atom is 0.351 e. The minimum Gasteiger partial charge on any atom is -0.459 e. The molecule has 0 N–H and O–H groups in total. The topological polar surface area (TPSA) is 56.5 Å². The van der Waals surface area contributed by atoms with Crippen LogP contribution in [0.1, 0.15) is 48.0 Å². The molecule has 3 rings (SSSR count). The molecule has 0 amide bonds. The molecule has 0 atom stereocenters. The van der Waals surface area contributed by atoms with Crippen LogP contribution in [0.25, 0.3) is 11.0 Å². The number of benzene rings is 1. The summed E-state index contributed by atoms with van der Waals surface area (Å²) in [6.45, 7) is 3.70. The molecule has 1 fully saturated rings. The zero-order chi connectivity index (χ0) is 16.2. The van der Waals surface area contributed by atoms with Gasteiger partial charge < -0.3 is 9.15 Å². The molecular weight excluding hydrogens is 292 g/mol. The SMILES string of the molecule is C=CCc1cccc2cc(C(=O)OC3CCCCC3)c(=O)oc12. The van der Waals surface area contributed by atoms with Crippen molar-refractivity contribution < 1.29 is 13.9 Å². The van der Waals surface area contributed by atoms with Gasteiger partial charge in [-0.2, -0.15) is 0 Å². The first kappa shape index (κ1) is 15.5. The van der Waals surface area contributed by atoms with Gasteiger partial charge in [0.1, 0.15) is 17.3 Å². The van der Waals surface area contributed by atoms with Gasteiger partial charge in [-0.1, -0.05) is 30.7 Å². The van der Waals surface area contributed by atoms with Gasteiger partial charge in [0.15, 0.2) is 0 Å². The molecule has 1 aromatic carbocycles. The molecule has 0 saturated heterocycles. The minimum atomic E-state index is -0.644. The van der Waals surface area contributed by atoms with Crippen molar-refractivity contribution in [2.75, 3.05) is 0 Å². The van der Waals surface area contributed by atoms with Crippen molar-refractivity contribution in [1.29, 1.82) is 0 Å². The quantitative estimate of drug-likeness (QED) is 0.486. The van der Waals surface area contributed by atoms with Crippen LogP contribution in [0.4, 0.5) is 0 Å². The van der Waals surface area contributed by atoms with E-state index in [1.54, 1.807) is 12.1 Å². The third-order valence-corrected chi connectivity index (χ3v) is 4.25. The second kappa shape index (κ2) is 6.82. The smallest absolute Gasteiger partial charge is 0.351 e. The third-order valence-electron chi connectivity index (χ3n) is 4.25. The molecule has 120 valence electrons. The van der Waals surface area contributed by atoms with Gasteiger partial charge in [-0.3, -0.25) is 0 Å². The van der Waals surface area contributed by atoms with Crippen molar-refractivity contribution in [2.24, 2.45) is 0 Å². The molecule has 1 aliphatic rings. The highest BCUT2D eigenvalue weighted by molar-refractivity contribution is 5.93. The highest BCUT2D eigenvalue weighted by Crippen LogP contribution is 2.23. The summed E-state index contributed by atoms with van der Waals surface area (Å²) in [5.41, 5.74) is 0.710. The van der Waals surface area contributed by atoms with Crippen LogP contribution < -0.4 is 5.63 Å². The molecular formula is C19H20O4. The summed E-state index contributed by atoms with van der Waals surface area (Å²) in [4.78, 5) is 24.5. The van der Waals surface area contributed by atoms with E-state index in [1.807, 2.05) is 18.2 Å². The van der Waals surface area contributed by atoms with E-state index in [0.717, 1.165) is 36.6 Å². The Hall–Kier alpha value is -2.36. The number of hydrogen-bond donors (Lipinski definition) is 0. The lowest BCUT2D eigenvalue weighted by atomic mass is 9.98. The van der Waals surface area contributed by atoms with Crippen molar-refractivity contribution in [1.82, 2.24) is 0 Å². The van der Waals surface area contributed by atoms with Gasteiger partial charge >= 0.3 is 11.6 Å². The Bertz CT molecular complexity index is 782. The van der Waals surface area contributed by atoms with Gasteiger partial charge in [-0.15, -0.1) is 6.58 Å². The Morgan fingerprint density at radius 3 is 2.83 bits per heavy atom. The number of rotatable bonds is 4. The second-order valence-corrected chi connectivity index (χ2v) is 5.94. The fraction of sp³-hybridized carbons (Fsp3) is 0.368. The van der Waals surface area contributed by atoms with Crippen molar-refractivity contribution >= 4 is 16.9 Å². The lowest BCUT2D eigenvalue weighted by molar-refractivity contribution is 0.0207. The molecule has 0 radical (unpaired) electrons. The molecule has 0 unspecified atom stereocenters. The molecule has 2 aromatic rings. The summed E-state index contributed by atoms with van der Waals surface area (Å²) >= 11 is 0. The first-order chi connectivity index (χ1) is 11.2. The maximum atomic E-state index is 12.3. The van der Waals surface area contributed by atoms with Crippen molar-refractivity contribution in [3.8, 4) is 0 Å². The van der Waals surface area contributed by atoms with Crippen LogP contribution in [0, 0.1) is 0 Å². The molecule has 1 saturated carbocycles. The van der Waals surface area contributed by atoms with Crippen LogP contribution in [-0.2, 0) is 11.2 Å². The lowest BCUT2D eigenvalue weighted by Gasteiger charge is -2.21. The van der Waals surface area contributed by atoms with Crippen LogP contribution in [0.2, 0.25) is 0 Å². The number of allylic oxidation sites excluding steroid dienone is 1. The molecule has 23 heavy (non-hydrogen) atoms. The Morgan fingerprint density at radius 2 is 2.09 bits per heavy atom. The first-order valence-corrected chi connectivity index (χ1v) is 8.06. The van der Waals surface area contributed by atoms with Gasteiger partial charge in [0, 0.05) is 5.39 Å². The van der Waals surface area contributed by atoms with E-state index < -0.39 is 11.6 Å². The van der Waals surface area contributed by atoms with E-state index in [2.05, 4.69) is 6.58 Å². The van der Waals surface area contributed by atoms with E-state index in [4.69, 9.17) is 9.15 Å². The number of ether oxygens (including phenoxy) is 1. The molecule has 0 spiro atoms. The average molecular weight is 312 g/mol. The van der Waals surface area contributed by atoms with Crippen LogP contribution in [0.15, 0.2) is 46.1 Å². The van der Waals surface area contributed by atoms with Gasteiger partial charge in [0.25, 0.3) is 0 Å². The summed E-state index contributed by atoms with van der Waals surface area (Å²) in [6.07, 6.45) is 7.32. The number of fused-ring (bicyclic) bond motifs is 1. The fourth-order valence-electron chi connectivity index (χ4n) is 3.06. The summed E-state index contributed by atoms with van der Waals surface area (Å²) in [6, 6.07) is 7.14. The Morgan fingerprint density at radius 1 is 1.30 bits per heavy atom. The van der Waals surface area contributed by atoms with E-state index in [9.17, 15) is 9.59 Å². The lowest BCUT2D eigenvalue weighted by Crippen LogP contribution is -2.24. The normalized spacial score (nSPS) is 15.5. The Balaban J connectivity index is 1.91. The first-order valence-electron chi connectivity index (χ1n) is 8.06. The number of esters is 1. The molecule has 4 nitrogen and oxygen atoms in total. The van der Waals surface area contributed by atoms with E-state index in [-0.39, 0.29) is 11.7 Å². The molecule has 0 aliphatic heterocycles. The van der Waals surface area contributed by atoms with Gasteiger partial charge in [-0.25, -0.2) is 9.59 Å². The van der Waals surface area contributed by atoms with Crippen molar-refractivity contribution in [2.45, 2.75) is 44.6 Å². The maximum absolute atomic E-state index is 12.3. The summed E-state index contributed by atoms with van der Waals surface area (Å²) < 4.78 is 10.9. The van der Waals surface area contributed by atoms with Gasteiger partial charge in [0.2, 0.25) is 0 Å². The third kappa shape index (κ3) is 3.36. The van der Waals surface area contributed by atoms with Crippen molar-refractivity contribution in [3.05, 3.63) is 58.5 Å². The second-order valence-electron chi connectivity index (χ2n) is 5.94. The average Bonchev–Trinajstić information content (AvgIpc) is 2.56. The molecule has 0 bridgehead atoms. The predicted molar refractivity (Wildman–Crippen MR) is 88.7 cm³/mol. The zero-order valence-electron chi connectivity index (χ0n) is 13.0. The van der Waals surface area contributed by atoms with Gasteiger partial charge in [-0.05, 0) is 43.7 Å². The predicted octanol–water partition coefficient (Wildman–Crippen LogP) is 4.01. The van der Waals surface area contributed by atoms with E-state index >= 15 is 0 Å². The van der Waals surface area contributed by atoms with Crippen molar-refractivity contribution in [3.63, 3.8) is 0 Å². The van der Waals surface area contributed by atoms with E-state index in [0.29, 0.717) is 12.0 Å². The van der Waals surface area contributed by atoms with Crippen LogP contribution >= 0.6 is 0 Å². The van der Waals surface area contributed by atoms with Crippen LogP contribution in [0.5, 0.6) is 0 Å². The molecule has 1 aliphatic carbocycles. The highest BCUT2D eigenvalue weighted by atomic mass is 16.5. The summed E-state index contributed by atoms with van der Waals surface area (Å²) in [7, 11) is 0. The number of hydrogen-bond acceptors (Lipinski definition) is 4.